The van der Waals surface area contributed by atoms with Crippen LogP contribution in [0.2, 0.25) is 0 Å². The molecule has 26 heavy (non-hydrogen) atoms. The van der Waals surface area contributed by atoms with Crippen LogP contribution in [-0.2, 0) is 7.05 Å². The summed E-state index contributed by atoms with van der Waals surface area (Å²) in [4.78, 5) is 14.6. The number of nitrogens with zero attached hydrogens (tertiary/aromatic N) is 2. The van der Waals surface area contributed by atoms with Crippen molar-refractivity contribution in [2.24, 2.45) is 7.05 Å². The molecule has 2 aromatic carbocycles. The maximum absolute atomic E-state index is 13.2. The number of aromatic nitrogens is 1. The topological polar surface area (TPSA) is 65.7 Å². The zero-order chi connectivity index (χ0) is 19.2. The van der Waals surface area contributed by atoms with E-state index in [9.17, 15) is 15.0 Å². The van der Waals surface area contributed by atoms with Crippen LogP contribution in [0.25, 0.3) is 21.8 Å². The third kappa shape index (κ3) is 2.82. The van der Waals surface area contributed by atoms with Crippen LogP contribution in [0.15, 0.2) is 42.5 Å². The lowest BCUT2D eigenvalue weighted by molar-refractivity contribution is -0.123. The molecule has 0 aliphatic rings. The van der Waals surface area contributed by atoms with Crippen LogP contribution in [0.3, 0.4) is 0 Å². The average molecular weight is 354 g/mol. The molecule has 0 spiro atoms. The van der Waals surface area contributed by atoms with Gasteiger partial charge in [0.15, 0.2) is 5.78 Å². The average Bonchev–Trinajstić information content (AvgIpc) is 2.86. The number of carbonyl (C=O) groups excluding carboxylic acids is 1. The Labute approximate surface area is 153 Å². The molecule has 2 unspecified atom stereocenters. The molecule has 0 saturated heterocycles. The molecule has 3 rings (SSSR count). The molecule has 1 heterocycles. The van der Waals surface area contributed by atoms with Gasteiger partial charge < -0.3 is 14.8 Å². The van der Waals surface area contributed by atoms with Gasteiger partial charge in [0.1, 0.15) is 12.5 Å². The summed E-state index contributed by atoms with van der Waals surface area (Å²) in [5, 5.41) is 22.2. The molecule has 0 saturated carbocycles. The number of rotatable bonds is 5. The molecule has 0 fully saturated rings. The Morgan fingerprint density at radius 1 is 1.00 bits per heavy atom. The summed E-state index contributed by atoms with van der Waals surface area (Å²) in [7, 11) is 2.01. The third-order valence-electron chi connectivity index (χ3n) is 5.18. The molecule has 0 radical (unpaired) electrons. The summed E-state index contributed by atoms with van der Waals surface area (Å²) < 4.78 is 2.11. The number of aryl methyl sites for hydroxylation is 1. The summed E-state index contributed by atoms with van der Waals surface area (Å²) in [5.74, 6) is -0.144. The van der Waals surface area contributed by atoms with Gasteiger partial charge in [-0.25, -0.2) is 4.90 Å². The lowest BCUT2D eigenvalue weighted by atomic mass is 9.90. The maximum atomic E-state index is 13.2. The molecule has 0 amide bonds. The Kier molecular flexibility index (Phi) is 4.65. The van der Waals surface area contributed by atoms with Crippen molar-refractivity contribution in [2.45, 2.75) is 45.7 Å². The Hall–Kier alpha value is -2.21. The number of Topliss-reactive ketones (excluding diaryl/α,β-unsaturated/α-hetero) is 1. The molecule has 0 bridgehead atoms. The van der Waals surface area contributed by atoms with E-state index >= 15 is 0 Å². The number of aliphatic hydroxyl groups excluding tert-OH is 2. The van der Waals surface area contributed by atoms with E-state index in [-0.39, 0.29) is 5.78 Å². The van der Waals surface area contributed by atoms with Crippen molar-refractivity contribution in [3.05, 3.63) is 48.0 Å². The van der Waals surface area contributed by atoms with Crippen LogP contribution < -0.4 is 0 Å². The molecule has 2 atom stereocenters. The fourth-order valence-corrected chi connectivity index (χ4v) is 4.03. The fraction of sp³-hybridized carbons (Fsp3) is 0.381. The van der Waals surface area contributed by atoms with Gasteiger partial charge in [-0.2, -0.15) is 0 Å². The van der Waals surface area contributed by atoms with Crippen LogP contribution >= 0.6 is 0 Å². The van der Waals surface area contributed by atoms with Crippen molar-refractivity contribution < 1.29 is 15.0 Å². The highest BCUT2D eigenvalue weighted by Gasteiger charge is 2.39. The Bertz CT molecular complexity index is 962. The Balaban J connectivity index is 2.13. The summed E-state index contributed by atoms with van der Waals surface area (Å²) >= 11 is 0. The molecule has 0 aliphatic carbocycles. The number of aliphatic hydroxyl groups is 2. The van der Waals surface area contributed by atoms with Gasteiger partial charge in [-0.1, -0.05) is 18.2 Å². The largest absolute Gasteiger partial charge is 0.379 e. The van der Waals surface area contributed by atoms with E-state index in [0.717, 1.165) is 21.8 Å². The SMILES string of the molecule is CC(O)N(C(C)O)C(C)(C)C(=O)c1ccc2c(c1)c1ccccc1n2C. The van der Waals surface area contributed by atoms with Crippen LogP contribution in [0.5, 0.6) is 0 Å². The van der Waals surface area contributed by atoms with Crippen molar-refractivity contribution >= 4 is 27.6 Å². The lowest BCUT2D eigenvalue weighted by Gasteiger charge is -2.41. The van der Waals surface area contributed by atoms with Gasteiger partial charge in [-0.05, 0) is 52.0 Å². The highest BCUT2D eigenvalue weighted by atomic mass is 16.3. The number of carbonyl (C=O) groups is 1. The third-order valence-corrected chi connectivity index (χ3v) is 5.18. The standard InChI is InChI=1S/C21H26N2O3/c1-13(24)23(14(2)25)21(3,4)20(26)15-10-11-19-17(12-15)16-8-6-7-9-18(16)22(19)5/h6-14,24-25H,1-5H3. The zero-order valence-corrected chi connectivity index (χ0v) is 15.9. The normalized spacial score (nSPS) is 14.9. The number of benzene rings is 2. The molecule has 5 heteroatoms. The number of ketones is 1. The molecule has 138 valence electrons. The van der Waals surface area contributed by atoms with E-state index in [0.29, 0.717) is 5.56 Å². The Morgan fingerprint density at radius 2 is 1.58 bits per heavy atom. The molecule has 0 aliphatic heterocycles. The summed E-state index contributed by atoms with van der Waals surface area (Å²) in [6, 6.07) is 13.8. The number of para-hydroxylation sites is 1. The van der Waals surface area contributed by atoms with Crippen molar-refractivity contribution in [2.75, 3.05) is 0 Å². The highest BCUT2D eigenvalue weighted by Crippen LogP contribution is 2.31. The fourth-order valence-electron chi connectivity index (χ4n) is 4.03. The first-order valence-corrected chi connectivity index (χ1v) is 8.83. The second-order valence-corrected chi connectivity index (χ2v) is 7.37. The predicted molar refractivity (Wildman–Crippen MR) is 104 cm³/mol. The van der Waals surface area contributed by atoms with Crippen molar-refractivity contribution in [3.63, 3.8) is 0 Å². The smallest absolute Gasteiger partial charge is 0.182 e. The molecular formula is C21H26N2O3. The Morgan fingerprint density at radius 3 is 2.19 bits per heavy atom. The number of hydrogen-bond donors (Lipinski definition) is 2. The van der Waals surface area contributed by atoms with Gasteiger partial charge in [0.25, 0.3) is 0 Å². The van der Waals surface area contributed by atoms with Crippen LogP contribution in [0, 0.1) is 0 Å². The van der Waals surface area contributed by atoms with Crippen molar-refractivity contribution in [3.8, 4) is 0 Å². The van der Waals surface area contributed by atoms with Gasteiger partial charge in [0, 0.05) is 34.4 Å². The minimum absolute atomic E-state index is 0.144. The molecule has 5 nitrogen and oxygen atoms in total. The first-order valence-electron chi connectivity index (χ1n) is 8.83. The lowest BCUT2D eigenvalue weighted by Crippen LogP contribution is -2.57. The predicted octanol–water partition coefficient (Wildman–Crippen LogP) is 3.27. The second-order valence-electron chi connectivity index (χ2n) is 7.37. The minimum Gasteiger partial charge on any atom is -0.379 e. The first kappa shape index (κ1) is 18.6. The van der Waals surface area contributed by atoms with Crippen LogP contribution in [0.1, 0.15) is 38.1 Å². The van der Waals surface area contributed by atoms with Gasteiger partial charge in [-0.3, -0.25) is 4.79 Å². The van der Waals surface area contributed by atoms with Crippen molar-refractivity contribution in [1.29, 1.82) is 0 Å². The van der Waals surface area contributed by atoms with E-state index in [4.69, 9.17) is 0 Å². The van der Waals surface area contributed by atoms with E-state index in [1.807, 2.05) is 37.4 Å². The highest BCUT2D eigenvalue weighted by molar-refractivity contribution is 6.12. The first-order chi connectivity index (χ1) is 12.2. The van der Waals surface area contributed by atoms with Crippen LogP contribution in [0.4, 0.5) is 0 Å². The zero-order valence-electron chi connectivity index (χ0n) is 15.9. The van der Waals surface area contributed by atoms with Gasteiger partial charge in [0.2, 0.25) is 0 Å². The van der Waals surface area contributed by atoms with Gasteiger partial charge in [-0.15, -0.1) is 0 Å². The summed E-state index contributed by atoms with van der Waals surface area (Å²) in [6.45, 7) is 6.55. The second kappa shape index (κ2) is 6.50. The summed E-state index contributed by atoms with van der Waals surface area (Å²) in [6.07, 6.45) is -1.90. The summed E-state index contributed by atoms with van der Waals surface area (Å²) in [5.41, 5.74) is 1.68. The van der Waals surface area contributed by atoms with Gasteiger partial charge >= 0.3 is 0 Å². The number of fused-ring (bicyclic) bond motifs is 3. The molecular weight excluding hydrogens is 328 g/mol. The quantitative estimate of drug-likeness (QED) is 0.545. The minimum atomic E-state index is -1.05. The van der Waals surface area contributed by atoms with E-state index in [1.165, 1.54) is 4.90 Å². The van der Waals surface area contributed by atoms with Crippen molar-refractivity contribution in [1.82, 2.24) is 9.47 Å². The van der Waals surface area contributed by atoms with Crippen LogP contribution in [-0.4, -0.2) is 43.5 Å². The molecule has 2 N–H and O–H groups in total. The molecule has 1 aromatic heterocycles. The van der Waals surface area contributed by atoms with Gasteiger partial charge in [0.05, 0.1) is 5.54 Å². The number of hydrogen-bond acceptors (Lipinski definition) is 4. The van der Waals surface area contributed by atoms with E-state index in [1.54, 1.807) is 27.7 Å². The molecule has 3 aromatic rings. The van der Waals surface area contributed by atoms with E-state index in [2.05, 4.69) is 16.7 Å². The monoisotopic (exact) mass is 354 g/mol. The maximum Gasteiger partial charge on any atom is 0.182 e. The van der Waals surface area contributed by atoms with E-state index < -0.39 is 18.0 Å².